The number of hydrogen-bond donors (Lipinski definition) is 2. The Hall–Kier alpha value is -1.65. The van der Waals surface area contributed by atoms with Crippen molar-refractivity contribution in [1.82, 2.24) is 4.90 Å². The van der Waals surface area contributed by atoms with E-state index in [2.05, 4.69) is 53.4 Å². The molecule has 138 valence electrons. The second kappa shape index (κ2) is 7.93. The van der Waals surface area contributed by atoms with Crippen LogP contribution in [-0.2, 0) is 21.9 Å². The van der Waals surface area contributed by atoms with Crippen molar-refractivity contribution in [3.8, 4) is 0 Å². The predicted molar refractivity (Wildman–Crippen MR) is 98.9 cm³/mol. The minimum atomic E-state index is -0.209. The van der Waals surface area contributed by atoms with Crippen molar-refractivity contribution in [2.45, 2.75) is 24.4 Å². The first-order chi connectivity index (χ1) is 12.2. The van der Waals surface area contributed by atoms with Crippen molar-refractivity contribution in [3.05, 3.63) is 71.8 Å². The van der Waals surface area contributed by atoms with Gasteiger partial charge in [-0.2, -0.15) is 0 Å². The summed E-state index contributed by atoms with van der Waals surface area (Å²) in [6.45, 7) is 1.72. The third-order valence-electron chi connectivity index (χ3n) is 6.03. The average molecular weight is 391 g/mol. The monoisotopic (exact) mass is 391 g/mol. The van der Waals surface area contributed by atoms with Gasteiger partial charge < -0.3 is 11.5 Å². The van der Waals surface area contributed by atoms with Crippen LogP contribution in [0.4, 0.5) is 0 Å². The minimum absolute atomic E-state index is 0. The van der Waals surface area contributed by atoms with Crippen LogP contribution in [0.5, 0.6) is 0 Å². The number of primary amides is 1. The second-order valence-electron chi connectivity index (χ2n) is 7.32. The molecule has 4 N–H and O–H groups in total. The first-order valence-corrected chi connectivity index (χ1v) is 9.05. The van der Waals surface area contributed by atoms with E-state index in [1.165, 1.54) is 11.1 Å². The molecule has 0 aliphatic carbocycles. The molecular formula is C21H25FeN3O. The number of nitrogens with zero attached hydrogens (tertiary/aromatic N) is 1. The van der Waals surface area contributed by atoms with Gasteiger partial charge in [-0.25, -0.2) is 0 Å². The van der Waals surface area contributed by atoms with E-state index in [0.717, 1.165) is 19.5 Å². The molecule has 0 radical (unpaired) electrons. The molecule has 3 heterocycles. The quantitative estimate of drug-likeness (QED) is 0.783. The maximum atomic E-state index is 11.8. The summed E-state index contributed by atoms with van der Waals surface area (Å²) in [5.74, 6) is 0.0585. The van der Waals surface area contributed by atoms with Crippen molar-refractivity contribution >= 4 is 5.91 Å². The van der Waals surface area contributed by atoms with Gasteiger partial charge in [-0.1, -0.05) is 60.7 Å². The van der Waals surface area contributed by atoms with Crippen LogP contribution in [0.3, 0.4) is 0 Å². The molecular weight excluding hydrogens is 366 g/mol. The molecule has 5 heteroatoms. The Kier molecular flexibility index (Phi) is 5.83. The van der Waals surface area contributed by atoms with E-state index in [1.807, 2.05) is 12.1 Å². The molecule has 3 aliphatic rings. The zero-order valence-electron chi connectivity index (χ0n) is 14.6. The fourth-order valence-electron chi connectivity index (χ4n) is 4.87. The van der Waals surface area contributed by atoms with Crippen LogP contribution in [0.15, 0.2) is 60.7 Å². The number of fused-ring (bicyclic) bond motifs is 3. The standard InChI is InChI=1S/C21H25N3O.Fe/c22-19-16-11-12-24(13-17(16)21(23)25)20(19)18(14-7-3-1-4-8-14)15-9-5-2-6-10-15;/h1-10,16-20H,11-13,22H2,(H2,23,25);/t16-,17?,19-,20-;/m0./s1. The number of carbonyl (C=O) groups is 1. The smallest absolute Gasteiger partial charge is 0.222 e. The topological polar surface area (TPSA) is 72.4 Å². The van der Waals surface area contributed by atoms with Crippen molar-refractivity contribution < 1.29 is 21.9 Å². The fourth-order valence-corrected chi connectivity index (χ4v) is 4.87. The largest absolute Gasteiger partial charge is 0.369 e. The maximum absolute atomic E-state index is 11.8. The van der Waals surface area contributed by atoms with Gasteiger partial charge >= 0.3 is 0 Å². The summed E-state index contributed by atoms with van der Waals surface area (Å²) in [5.41, 5.74) is 14.9. The summed E-state index contributed by atoms with van der Waals surface area (Å²) < 4.78 is 0. The number of piperidine rings is 3. The van der Waals surface area contributed by atoms with Crippen LogP contribution in [0, 0.1) is 11.8 Å². The van der Waals surface area contributed by atoms with E-state index < -0.39 is 0 Å². The summed E-state index contributed by atoms with van der Waals surface area (Å²) in [7, 11) is 0. The molecule has 2 unspecified atom stereocenters. The van der Waals surface area contributed by atoms with E-state index in [4.69, 9.17) is 11.5 Å². The molecule has 2 bridgehead atoms. The normalized spacial score (nSPS) is 30.0. The van der Waals surface area contributed by atoms with Gasteiger partial charge in [0.1, 0.15) is 0 Å². The number of hydrogen-bond acceptors (Lipinski definition) is 3. The van der Waals surface area contributed by atoms with Gasteiger partial charge in [-0.05, 0) is 30.0 Å². The van der Waals surface area contributed by atoms with Crippen molar-refractivity contribution in [2.24, 2.45) is 23.3 Å². The zero-order valence-corrected chi connectivity index (χ0v) is 15.7. The molecule has 3 aliphatic heterocycles. The van der Waals surface area contributed by atoms with E-state index in [1.54, 1.807) is 0 Å². The number of carbonyl (C=O) groups excluding carboxylic acids is 1. The molecule has 2 aromatic carbocycles. The number of amides is 1. The molecule has 26 heavy (non-hydrogen) atoms. The van der Waals surface area contributed by atoms with E-state index in [-0.39, 0.29) is 52.8 Å². The van der Waals surface area contributed by atoms with Crippen LogP contribution in [0.2, 0.25) is 0 Å². The minimum Gasteiger partial charge on any atom is -0.369 e. The van der Waals surface area contributed by atoms with Gasteiger partial charge in [0, 0.05) is 41.6 Å². The first kappa shape index (κ1) is 19.1. The van der Waals surface area contributed by atoms with Gasteiger partial charge in [-0.3, -0.25) is 9.69 Å². The van der Waals surface area contributed by atoms with Gasteiger partial charge in [0.05, 0.1) is 5.92 Å². The van der Waals surface area contributed by atoms with Crippen molar-refractivity contribution in [3.63, 3.8) is 0 Å². The van der Waals surface area contributed by atoms with Gasteiger partial charge in [-0.15, -0.1) is 0 Å². The first-order valence-electron chi connectivity index (χ1n) is 9.05. The summed E-state index contributed by atoms with van der Waals surface area (Å²) in [6, 6.07) is 21.3. The number of nitrogens with two attached hydrogens (primary N) is 2. The van der Waals surface area contributed by atoms with E-state index in [0.29, 0.717) is 0 Å². The molecule has 0 aromatic heterocycles. The second-order valence-corrected chi connectivity index (χ2v) is 7.32. The van der Waals surface area contributed by atoms with E-state index in [9.17, 15) is 4.79 Å². The molecule has 2 aromatic rings. The molecule has 5 rings (SSSR count). The Balaban J connectivity index is 0.00000196. The maximum Gasteiger partial charge on any atom is 0.222 e. The molecule has 3 saturated heterocycles. The third kappa shape index (κ3) is 3.33. The fraction of sp³-hybridized carbons (Fsp3) is 0.381. The Labute approximate surface area is 165 Å². The van der Waals surface area contributed by atoms with Crippen LogP contribution in [0.25, 0.3) is 0 Å². The number of rotatable bonds is 4. The predicted octanol–water partition coefficient (Wildman–Crippen LogP) is 1.95. The molecule has 0 spiro atoms. The molecule has 4 nitrogen and oxygen atoms in total. The summed E-state index contributed by atoms with van der Waals surface area (Å²) >= 11 is 0. The number of benzene rings is 2. The summed E-state index contributed by atoms with van der Waals surface area (Å²) in [6.07, 6.45) is 0.960. The van der Waals surface area contributed by atoms with Gasteiger partial charge in [0.2, 0.25) is 5.91 Å². The zero-order chi connectivity index (χ0) is 17.4. The van der Waals surface area contributed by atoms with E-state index >= 15 is 0 Å². The SMILES string of the molecule is NC(=O)C1CN2CC[C@@H]1[C@H](N)[C@@H]2C(c1ccccc1)c1ccccc1.[Fe]. The van der Waals surface area contributed by atoms with Crippen molar-refractivity contribution in [1.29, 1.82) is 0 Å². The molecule has 3 fully saturated rings. The Bertz CT molecular complexity index is 698. The van der Waals surface area contributed by atoms with Crippen LogP contribution in [-0.4, -0.2) is 36.0 Å². The third-order valence-corrected chi connectivity index (χ3v) is 6.03. The van der Waals surface area contributed by atoms with Gasteiger partial charge in [0.15, 0.2) is 0 Å². The molecule has 0 saturated carbocycles. The van der Waals surface area contributed by atoms with Crippen LogP contribution in [0.1, 0.15) is 23.5 Å². The summed E-state index contributed by atoms with van der Waals surface area (Å²) in [4.78, 5) is 14.2. The van der Waals surface area contributed by atoms with Gasteiger partial charge in [0.25, 0.3) is 0 Å². The molecule has 1 amide bonds. The summed E-state index contributed by atoms with van der Waals surface area (Å²) in [5, 5.41) is 0. The van der Waals surface area contributed by atoms with Crippen LogP contribution < -0.4 is 11.5 Å². The Morgan fingerprint density at radius 2 is 1.54 bits per heavy atom. The average Bonchev–Trinajstić information content (AvgIpc) is 2.66. The Morgan fingerprint density at radius 1 is 1.00 bits per heavy atom. The van der Waals surface area contributed by atoms with Crippen LogP contribution >= 0.6 is 0 Å². The Morgan fingerprint density at radius 3 is 2.00 bits per heavy atom. The molecule has 5 atom stereocenters. The van der Waals surface area contributed by atoms with Crippen molar-refractivity contribution in [2.75, 3.05) is 13.1 Å².